The number of carboxylic acids is 1. The topological polar surface area (TPSA) is 54.6 Å². The van der Waals surface area contributed by atoms with Crippen molar-refractivity contribution in [1.29, 1.82) is 0 Å². The lowest BCUT2D eigenvalue weighted by molar-refractivity contribution is 0.0700. The molecule has 2 heterocycles. The zero-order valence-corrected chi connectivity index (χ0v) is 12.2. The van der Waals surface area contributed by atoms with Gasteiger partial charge in [0.25, 0.3) is 0 Å². The fourth-order valence-corrected chi connectivity index (χ4v) is 3.31. The molecule has 3 rings (SSSR count). The molecule has 0 aliphatic carbocycles. The van der Waals surface area contributed by atoms with Crippen LogP contribution in [0.5, 0.6) is 0 Å². The molecule has 3 aromatic rings. The third-order valence-electron chi connectivity index (χ3n) is 3.09. The second kappa shape index (κ2) is 4.92. The number of carboxylic acid groups (broad SMARTS) is 1. The number of hydrogen-bond acceptors (Lipinski definition) is 3. The molecule has 0 saturated heterocycles. The van der Waals surface area contributed by atoms with Crippen LogP contribution < -0.4 is 0 Å². The quantitative estimate of drug-likeness (QED) is 0.796. The molecule has 20 heavy (non-hydrogen) atoms. The first kappa shape index (κ1) is 13.1. The lowest BCUT2D eigenvalue weighted by Crippen LogP contribution is -1.99. The highest BCUT2D eigenvalue weighted by Crippen LogP contribution is 2.28. The normalized spacial score (nSPS) is 11.1. The average molecular weight is 307 g/mol. The zero-order valence-electron chi connectivity index (χ0n) is 10.6. The van der Waals surface area contributed by atoms with Crippen molar-refractivity contribution in [2.75, 3.05) is 0 Å². The maximum absolute atomic E-state index is 11.2. The predicted molar refractivity (Wildman–Crippen MR) is 79.9 cm³/mol. The Morgan fingerprint density at radius 3 is 2.70 bits per heavy atom. The van der Waals surface area contributed by atoms with Gasteiger partial charge in [-0.25, -0.2) is 9.78 Å². The highest BCUT2D eigenvalue weighted by molar-refractivity contribution is 7.19. The van der Waals surface area contributed by atoms with Gasteiger partial charge in [0.2, 0.25) is 0 Å². The molecule has 4 nitrogen and oxygen atoms in total. The Morgan fingerprint density at radius 2 is 2.10 bits per heavy atom. The number of carbonyl (C=O) groups is 1. The van der Waals surface area contributed by atoms with Gasteiger partial charge in [0.05, 0.1) is 5.69 Å². The van der Waals surface area contributed by atoms with Crippen LogP contribution in [0.2, 0.25) is 5.02 Å². The molecule has 0 amide bonds. The summed E-state index contributed by atoms with van der Waals surface area (Å²) >= 11 is 7.07. The van der Waals surface area contributed by atoms with Crippen LogP contribution in [0.25, 0.3) is 16.2 Å². The molecule has 0 atom stereocenters. The number of aromatic nitrogens is 2. The summed E-state index contributed by atoms with van der Waals surface area (Å²) in [5.74, 6) is -0.898. The Balaban J connectivity index is 2.14. The molecule has 0 spiro atoms. The van der Waals surface area contributed by atoms with Crippen LogP contribution in [0, 0.1) is 0 Å². The molecule has 0 aliphatic rings. The fourth-order valence-electron chi connectivity index (χ4n) is 2.15. The molecule has 0 aliphatic heterocycles. The van der Waals surface area contributed by atoms with E-state index < -0.39 is 5.97 Å². The van der Waals surface area contributed by atoms with Crippen molar-refractivity contribution in [2.24, 2.45) is 0 Å². The predicted octanol–water partition coefficient (Wildman–Crippen LogP) is 3.98. The van der Waals surface area contributed by atoms with E-state index in [2.05, 4.69) is 4.98 Å². The van der Waals surface area contributed by atoms with Gasteiger partial charge in [-0.2, -0.15) is 0 Å². The second-order valence-electron chi connectivity index (χ2n) is 4.32. The number of benzene rings is 1. The number of aromatic carboxylic acids is 1. The molecule has 2 aromatic heterocycles. The monoisotopic (exact) mass is 306 g/mol. The first-order valence-corrected chi connectivity index (χ1v) is 7.29. The Kier molecular flexibility index (Phi) is 3.23. The summed E-state index contributed by atoms with van der Waals surface area (Å²) < 4.78 is 1.86. The fraction of sp³-hybridized carbons (Fsp3) is 0.143. The number of aryl methyl sites for hydroxylation is 1. The van der Waals surface area contributed by atoms with Crippen LogP contribution in [-0.2, 0) is 6.42 Å². The molecule has 0 bridgehead atoms. The molecule has 6 heteroatoms. The summed E-state index contributed by atoms with van der Waals surface area (Å²) in [6, 6.07) is 7.43. The number of fused-ring (bicyclic) bond motifs is 1. The lowest BCUT2D eigenvalue weighted by atomic mass is 10.2. The van der Waals surface area contributed by atoms with Crippen molar-refractivity contribution >= 4 is 33.9 Å². The van der Waals surface area contributed by atoms with Crippen LogP contribution in [0.15, 0.2) is 30.5 Å². The van der Waals surface area contributed by atoms with Gasteiger partial charge in [0.1, 0.15) is 4.88 Å². The van der Waals surface area contributed by atoms with E-state index in [1.165, 1.54) is 11.3 Å². The third-order valence-corrected chi connectivity index (χ3v) is 4.43. The maximum Gasteiger partial charge on any atom is 0.347 e. The standard InChI is InChI=1S/C14H11ClN2O2S/c1-2-11-12(13(18)19)20-14-16-10(7-17(11)14)8-3-5-9(15)6-4-8/h3-7H,2H2,1H3,(H,18,19). The van der Waals surface area contributed by atoms with E-state index in [1.54, 1.807) is 0 Å². The van der Waals surface area contributed by atoms with Crippen molar-refractivity contribution in [3.8, 4) is 11.3 Å². The summed E-state index contributed by atoms with van der Waals surface area (Å²) in [6.07, 6.45) is 2.53. The number of rotatable bonds is 3. The Labute approximate surface area is 124 Å². The van der Waals surface area contributed by atoms with E-state index in [9.17, 15) is 9.90 Å². The van der Waals surface area contributed by atoms with Gasteiger partial charge in [0.15, 0.2) is 4.96 Å². The van der Waals surface area contributed by atoms with Crippen LogP contribution in [0.4, 0.5) is 0 Å². The minimum atomic E-state index is -0.898. The van der Waals surface area contributed by atoms with Gasteiger partial charge in [-0.15, -0.1) is 0 Å². The van der Waals surface area contributed by atoms with E-state index in [0.29, 0.717) is 21.3 Å². The highest BCUT2D eigenvalue weighted by atomic mass is 35.5. The molecule has 0 saturated carbocycles. The Morgan fingerprint density at radius 1 is 1.40 bits per heavy atom. The van der Waals surface area contributed by atoms with Crippen molar-refractivity contribution in [3.63, 3.8) is 0 Å². The first-order chi connectivity index (χ1) is 9.60. The maximum atomic E-state index is 11.2. The largest absolute Gasteiger partial charge is 0.477 e. The van der Waals surface area contributed by atoms with Gasteiger partial charge in [0, 0.05) is 22.5 Å². The van der Waals surface area contributed by atoms with Crippen LogP contribution in [0.3, 0.4) is 0 Å². The van der Waals surface area contributed by atoms with Gasteiger partial charge in [-0.05, 0) is 18.6 Å². The number of imidazole rings is 1. The van der Waals surface area contributed by atoms with Crippen molar-refractivity contribution in [1.82, 2.24) is 9.38 Å². The van der Waals surface area contributed by atoms with Gasteiger partial charge >= 0.3 is 5.97 Å². The average Bonchev–Trinajstić information content (AvgIpc) is 2.96. The summed E-state index contributed by atoms with van der Waals surface area (Å²) in [5, 5.41) is 9.87. The molecule has 0 fully saturated rings. The highest BCUT2D eigenvalue weighted by Gasteiger charge is 2.18. The van der Waals surface area contributed by atoms with Crippen molar-refractivity contribution in [2.45, 2.75) is 13.3 Å². The molecular formula is C14H11ClN2O2S. The van der Waals surface area contributed by atoms with Gasteiger partial charge < -0.3 is 5.11 Å². The molecular weight excluding hydrogens is 296 g/mol. The zero-order chi connectivity index (χ0) is 14.3. The summed E-state index contributed by atoms with van der Waals surface area (Å²) in [4.78, 5) is 16.8. The summed E-state index contributed by atoms with van der Waals surface area (Å²) in [7, 11) is 0. The van der Waals surface area contributed by atoms with E-state index in [-0.39, 0.29) is 0 Å². The number of thiazole rings is 1. The lowest BCUT2D eigenvalue weighted by Gasteiger charge is -1.98. The molecule has 0 unspecified atom stereocenters. The number of halogens is 1. The third kappa shape index (κ3) is 2.09. The van der Waals surface area contributed by atoms with E-state index in [4.69, 9.17) is 11.6 Å². The van der Waals surface area contributed by atoms with Crippen molar-refractivity contribution < 1.29 is 9.90 Å². The minimum Gasteiger partial charge on any atom is -0.477 e. The molecule has 102 valence electrons. The second-order valence-corrected chi connectivity index (χ2v) is 5.74. The van der Waals surface area contributed by atoms with Crippen LogP contribution in [0.1, 0.15) is 22.3 Å². The van der Waals surface area contributed by atoms with E-state index in [1.807, 2.05) is 41.8 Å². The SMILES string of the molecule is CCc1c(C(=O)O)sc2nc(-c3ccc(Cl)cc3)cn12. The Bertz CT molecular complexity index is 789. The molecule has 1 aromatic carbocycles. The number of hydrogen-bond donors (Lipinski definition) is 1. The van der Waals surface area contributed by atoms with E-state index in [0.717, 1.165) is 17.0 Å². The Hall–Kier alpha value is -1.85. The summed E-state index contributed by atoms with van der Waals surface area (Å²) in [6.45, 7) is 1.94. The van der Waals surface area contributed by atoms with Gasteiger partial charge in [-0.1, -0.05) is 42.0 Å². The van der Waals surface area contributed by atoms with Crippen molar-refractivity contribution in [3.05, 3.63) is 46.1 Å². The minimum absolute atomic E-state index is 0.359. The van der Waals surface area contributed by atoms with Crippen LogP contribution in [-0.4, -0.2) is 20.5 Å². The molecule has 0 radical (unpaired) electrons. The number of nitrogens with zero attached hydrogens (tertiary/aromatic N) is 2. The van der Waals surface area contributed by atoms with Crippen LogP contribution >= 0.6 is 22.9 Å². The smallest absolute Gasteiger partial charge is 0.347 e. The van der Waals surface area contributed by atoms with Gasteiger partial charge in [-0.3, -0.25) is 4.40 Å². The summed E-state index contributed by atoms with van der Waals surface area (Å²) in [5.41, 5.74) is 2.56. The van der Waals surface area contributed by atoms with E-state index >= 15 is 0 Å². The first-order valence-electron chi connectivity index (χ1n) is 6.10. The molecule has 1 N–H and O–H groups in total.